The van der Waals surface area contributed by atoms with E-state index in [9.17, 15) is 4.79 Å². The number of hydrogen-bond donors (Lipinski definition) is 1. The molecule has 3 rings (SSSR count). The smallest absolute Gasteiger partial charge is 0.236 e. The minimum atomic E-state index is 0.226. The summed E-state index contributed by atoms with van der Waals surface area (Å²) in [6.45, 7) is 6.42. The molecule has 2 aliphatic rings. The molecule has 2 heterocycles. The first-order valence-corrected chi connectivity index (χ1v) is 9.26. The number of amides is 1. The molecule has 1 atom stereocenters. The minimum Gasteiger partial charge on any atom is -0.497 e. The molecule has 1 amide bonds. The van der Waals surface area contributed by atoms with E-state index in [4.69, 9.17) is 4.74 Å². The van der Waals surface area contributed by atoms with Crippen LogP contribution in [0.2, 0.25) is 0 Å². The fourth-order valence-corrected chi connectivity index (χ4v) is 3.88. The number of anilines is 1. The van der Waals surface area contributed by atoms with E-state index < -0.39 is 0 Å². The van der Waals surface area contributed by atoms with Crippen molar-refractivity contribution in [1.82, 2.24) is 15.1 Å². The van der Waals surface area contributed by atoms with Gasteiger partial charge in [0, 0.05) is 51.0 Å². The molecule has 138 valence electrons. The topological polar surface area (TPSA) is 48.1 Å². The van der Waals surface area contributed by atoms with Gasteiger partial charge in [-0.05, 0) is 44.2 Å². The fraction of sp³-hybridized carbons (Fsp3) is 0.632. The van der Waals surface area contributed by atoms with E-state index in [-0.39, 0.29) is 5.91 Å². The highest BCUT2D eigenvalue weighted by molar-refractivity contribution is 5.78. The summed E-state index contributed by atoms with van der Waals surface area (Å²) < 4.78 is 5.24. The molecular formula is C19H30N4O2. The first kappa shape index (κ1) is 18.0. The van der Waals surface area contributed by atoms with Gasteiger partial charge in [-0.25, -0.2) is 0 Å². The van der Waals surface area contributed by atoms with Crippen molar-refractivity contribution in [3.05, 3.63) is 24.3 Å². The fourth-order valence-electron chi connectivity index (χ4n) is 3.88. The number of nitrogens with zero attached hydrogens (tertiary/aromatic N) is 3. The Labute approximate surface area is 150 Å². The molecule has 1 aromatic carbocycles. The summed E-state index contributed by atoms with van der Waals surface area (Å²) in [7, 11) is 3.53. The van der Waals surface area contributed by atoms with Gasteiger partial charge in [0.15, 0.2) is 0 Å². The number of likely N-dealkylation sites (N-methyl/N-ethyl adjacent to an activating group) is 1. The molecule has 2 aliphatic heterocycles. The first-order valence-electron chi connectivity index (χ1n) is 9.26. The third-order valence-corrected chi connectivity index (χ3v) is 5.35. The van der Waals surface area contributed by atoms with Gasteiger partial charge < -0.3 is 19.9 Å². The third-order valence-electron chi connectivity index (χ3n) is 5.35. The number of piperazine rings is 1. The highest BCUT2D eigenvalue weighted by Crippen LogP contribution is 2.23. The van der Waals surface area contributed by atoms with Gasteiger partial charge in [0.25, 0.3) is 0 Å². The van der Waals surface area contributed by atoms with Crippen molar-refractivity contribution in [2.75, 3.05) is 64.9 Å². The van der Waals surface area contributed by atoms with Gasteiger partial charge in [0.1, 0.15) is 5.75 Å². The number of ether oxygens (including phenoxy) is 1. The lowest BCUT2D eigenvalue weighted by Gasteiger charge is -2.44. The Morgan fingerprint density at radius 1 is 1.16 bits per heavy atom. The predicted molar refractivity (Wildman–Crippen MR) is 100 cm³/mol. The predicted octanol–water partition coefficient (Wildman–Crippen LogP) is 1.03. The monoisotopic (exact) mass is 346 g/mol. The summed E-state index contributed by atoms with van der Waals surface area (Å²) in [5.74, 6) is 1.12. The van der Waals surface area contributed by atoms with Crippen LogP contribution in [0.1, 0.15) is 12.8 Å². The number of likely N-dealkylation sites (tertiary alicyclic amines) is 1. The number of carbonyl (C=O) groups is 1. The average Bonchev–Trinajstić information content (AvgIpc) is 2.68. The van der Waals surface area contributed by atoms with Crippen molar-refractivity contribution in [2.45, 2.75) is 18.9 Å². The average molecular weight is 346 g/mol. The molecule has 6 heteroatoms. The van der Waals surface area contributed by atoms with Crippen molar-refractivity contribution in [2.24, 2.45) is 0 Å². The Bertz CT molecular complexity index is 555. The molecule has 0 bridgehead atoms. The highest BCUT2D eigenvalue weighted by atomic mass is 16.5. The Kier molecular flexibility index (Phi) is 6.15. The van der Waals surface area contributed by atoms with Gasteiger partial charge in [-0.1, -0.05) is 0 Å². The lowest BCUT2D eigenvalue weighted by atomic mass is 10.0. The second kappa shape index (κ2) is 8.54. The standard InChI is InChI=1S/C19H30N4O2/c1-20-14-19(24)23-9-3-4-17(15-23)22-12-10-21(11-13-22)16-5-7-18(25-2)8-6-16/h5-8,17,20H,3-4,9-15H2,1-2H3/t17-/m0/s1. The van der Waals surface area contributed by atoms with Crippen LogP contribution in [0.3, 0.4) is 0 Å². The molecular weight excluding hydrogens is 316 g/mol. The molecule has 2 saturated heterocycles. The van der Waals surface area contributed by atoms with E-state index in [2.05, 4.69) is 27.2 Å². The number of benzene rings is 1. The van der Waals surface area contributed by atoms with Gasteiger partial charge in [0.05, 0.1) is 13.7 Å². The molecule has 0 aliphatic carbocycles. The number of hydrogen-bond acceptors (Lipinski definition) is 5. The van der Waals surface area contributed by atoms with Gasteiger partial charge in [-0.2, -0.15) is 0 Å². The Hall–Kier alpha value is -1.79. The van der Waals surface area contributed by atoms with Gasteiger partial charge >= 0.3 is 0 Å². The van der Waals surface area contributed by atoms with Crippen LogP contribution in [0, 0.1) is 0 Å². The van der Waals surface area contributed by atoms with Gasteiger partial charge in [0.2, 0.25) is 5.91 Å². The molecule has 1 aromatic rings. The lowest BCUT2D eigenvalue weighted by Crippen LogP contribution is -2.56. The van der Waals surface area contributed by atoms with Crippen LogP contribution in [0.5, 0.6) is 5.75 Å². The van der Waals surface area contributed by atoms with Crippen LogP contribution in [0.4, 0.5) is 5.69 Å². The van der Waals surface area contributed by atoms with Crippen LogP contribution in [-0.4, -0.2) is 81.7 Å². The Balaban J connectivity index is 1.52. The molecule has 6 nitrogen and oxygen atoms in total. The van der Waals surface area contributed by atoms with Crippen LogP contribution < -0.4 is 15.0 Å². The van der Waals surface area contributed by atoms with Crippen LogP contribution >= 0.6 is 0 Å². The largest absolute Gasteiger partial charge is 0.497 e. The summed E-state index contributed by atoms with van der Waals surface area (Å²) in [6, 6.07) is 8.82. The summed E-state index contributed by atoms with van der Waals surface area (Å²) >= 11 is 0. The second-order valence-electron chi connectivity index (χ2n) is 6.89. The molecule has 0 radical (unpaired) electrons. The zero-order valence-corrected chi connectivity index (χ0v) is 15.4. The molecule has 2 fully saturated rings. The van der Waals surface area contributed by atoms with Crippen molar-refractivity contribution < 1.29 is 9.53 Å². The normalized spacial score (nSPS) is 22.1. The SMILES string of the molecule is CNCC(=O)N1CCC[C@H](N2CCN(c3ccc(OC)cc3)CC2)C1. The summed E-state index contributed by atoms with van der Waals surface area (Å²) in [6.07, 6.45) is 2.31. The summed E-state index contributed by atoms with van der Waals surface area (Å²) in [4.78, 5) is 19.2. The zero-order chi connectivity index (χ0) is 17.6. The number of nitrogens with one attached hydrogen (secondary N) is 1. The van der Waals surface area contributed by atoms with E-state index in [1.807, 2.05) is 24.1 Å². The quantitative estimate of drug-likeness (QED) is 0.863. The van der Waals surface area contributed by atoms with E-state index >= 15 is 0 Å². The van der Waals surface area contributed by atoms with Crippen molar-refractivity contribution in [3.63, 3.8) is 0 Å². The number of carbonyl (C=O) groups excluding carboxylic acids is 1. The van der Waals surface area contributed by atoms with Crippen molar-refractivity contribution >= 4 is 11.6 Å². The maximum Gasteiger partial charge on any atom is 0.236 e. The number of rotatable bonds is 5. The minimum absolute atomic E-state index is 0.226. The molecule has 0 aromatic heterocycles. The molecule has 25 heavy (non-hydrogen) atoms. The van der Waals surface area contributed by atoms with E-state index in [0.717, 1.165) is 51.4 Å². The molecule has 0 unspecified atom stereocenters. The number of methoxy groups -OCH3 is 1. The van der Waals surface area contributed by atoms with Crippen LogP contribution in [-0.2, 0) is 4.79 Å². The summed E-state index contributed by atoms with van der Waals surface area (Å²) in [5, 5.41) is 2.97. The maximum absolute atomic E-state index is 12.1. The zero-order valence-electron chi connectivity index (χ0n) is 15.4. The maximum atomic E-state index is 12.1. The van der Waals surface area contributed by atoms with E-state index in [0.29, 0.717) is 12.6 Å². The highest BCUT2D eigenvalue weighted by Gasteiger charge is 2.29. The Morgan fingerprint density at radius 2 is 1.88 bits per heavy atom. The van der Waals surface area contributed by atoms with Crippen molar-refractivity contribution in [1.29, 1.82) is 0 Å². The van der Waals surface area contributed by atoms with Gasteiger partial charge in [-0.15, -0.1) is 0 Å². The molecule has 0 spiro atoms. The number of piperidine rings is 1. The summed E-state index contributed by atoms with van der Waals surface area (Å²) in [5.41, 5.74) is 1.26. The van der Waals surface area contributed by atoms with E-state index in [1.54, 1.807) is 7.11 Å². The van der Waals surface area contributed by atoms with E-state index in [1.165, 1.54) is 12.1 Å². The lowest BCUT2D eigenvalue weighted by molar-refractivity contribution is -0.132. The van der Waals surface area contributed by atoms with Crippen LogP contribution in [0.25, 0.3) is 0 Å². The Morgan fingerprint density at radius 3 is 2.52 bits per heavy atom. The first-order chi connectivity index (χ1) is 12.2. The molecule has 1 N–H and O–H groups in total. The second-order valence-corrected chi connectivity index (χ2v) is 6.89. The van der Waals surface area contributed by atoms with Gasteiger partial charge in [-0.3, -0.25) is 9.69 Å². The van der Waals surface area contributed by atoms with Crippen LogP contribution in [0.15, 0.2) is 24.3 Å². The molecule has 0 saturated carbocycles. The third kappa shape index (κ3) is 4.44. The van der Waals surface area contributed by atoms with Crippen molar-refractivity contribution in [3.8, 4) is 5.75 Å².